The van der Waals surface area contributed by atoms with Crippen molar-refractivity contribution in [2.75, 3.05) is 13.1 Å². The molecule has 2 aromatic rings. The number of rotatable bonds is 5. The van der Waals surface area contributed by atoms with E-state index in [0.717, 1.165) is 4.47 Å². The van der Waals surface area contributed by atoms with Gasteiger partial charge in [-0.3, -0.25) is 4.79 Å². The lowest BCUT2D eigenvalue weighted by molar-refractivity contribution is -0.920. The van der Waals surface area contributed by atoms with E-state index in [0.29, 0.717) is 11.6 Å². The molecule has 0 aliphatic carbocycles. The third-order valence-electron chi connectivity index (χ3n) is 4.51. The average molecular weight is 394 g/mol. The first-order chi connectivity index (χ1) is 11.2. The fourth-order valence-electron chi connectivity index (χ4n) is 3.42. The zero-order valence-electron chi connectivity index (χ0n) is 13.2. The molecule has 1 aromatic heterocycles. The zero-order chi connectivity index (χ0) is 16.2. The van der Waals surface area contributed by atoms with Crippen molar-refractivity contribution < 1.29 is 9.69 Å². The van der Waals surface area contributed by atoms with Gasteiger partial charge < -0.3 is 10.2 Å². The Bertz CT molecular complexity index is 653. The van der Waals surface area contributed by atoms with Gasteiger partial charge in [0.05, 0.1) is 29.6 Å². The number of quaternary nitrogens is 1. The van der Waals surface area contributed by atoms with E-state index in [1.165, 1.54) is 30.8 Å². The number of hydrogen-bond donors (Lipinski definition) is 2. The molecule has 5 heteroatoms. The molecule has 0 unspecified atom stereocenters. The Hall–Kier alpha value is -1.17. The Morgan fingerprint density at radius 2 is 1.96 bits per heavy atom. The van der Waals surface area contributed by atoms with Crippen molar-refractivity contribution >= 4 is 33.2 Å². The summed E-state index contributed by atoms with van der Waals surface area (Å²) in [6.07, 6.45) is 2.56. The Labute approximate surface area is 149 Å². The number of amides is 1. The van der Waals surface area contributed by atoms with Crippen LogP contribution >= 0.6 is 27.3 Å². The molecule has 3 nitrogen and oxygen atoms in total. The van der Waals surface area contributed by atoms with E-state index in [9.17, 15) is 4.79 Å². The predicted octanol–water partition coefficient (Wildman–Crippen LogP) is 3.05. The van der Waals surface area contributed by atoms with E-state index in [1.807, 2.05) is 24.3 Å². The van der Waals surface area contributed by atoms with Crippen LogP contribution in [0.2, 0.25) is 0 Å². The monoisotopic (exact) mass is 393 g/mol. The molecule has 1 aliphatic heterocycles. The van der Waals surface area contributed by atoms with E-state index in [-0.39, 0.29) is 11.9 Å². The molecule has 1 aromatic carbocycles. The van der Waals surface area contributed by atoms with Crippen LogP contribution in [0, 0.1) is 0 Å². The molecule has 1 aliphatic rings. The summed E-state index contributed by atoms with van der Waals surface area (Å²) in [5.41, 5.74) is 0.695. The van der Waals surface area contributed by atoms with Gasteiger partial charge >= 0.3 is 0 Å². The normalized spacial score (nSPS) is 17.8. The van der Waals surface area contributed by atoms with Gasteiger partial charge in [-0.15, -0.1) is 11.3 Å². The molecule has 0 saturated carbocycles. The molecular formula is C18H22BrN2OS+. The number of nitrogens with one attached hydrogen (secondary N) is 2. The third-order valence-corrected chi connectivity index (χ3v) is 6.16. The van der Waals surface area contributed by atoms with E-state index in [1.54, 1.807) is 16.2 Å². The van der Waals surface area contributed by atoms with E-state index >= 15 is 0 Å². The smallest absolute Gasteiger partial charge is 0.252 e. The Morgan fingerprint density at radius 1 is 1.22 bits per heavy atom. The van der Waals surface area contributed by atoms with Crippen LogP contribution in [0.1, 0.15) is 41.0 Å². The summed E-state index contributed by atoms with van der Waals surface area (Å²) < 4.78 is 0.839. The summed E-state index contributed by atoms with van der Waals surface area (Å²) in [4.78, 5) is 15.6. The molecule has 1 amide bonds. The maximum absolute atomic E-state index is 12.6. The van der Waals surface area contributed by atoms with Crippen LogP contribution in [0.25, 0.3) is 0 Å². The highest BCUT2D eigenvalue weighted by molar-refractivity contribution is 9.10. The van der Waals surface area contributed by atoms with E-state index in [2.05, 4.69) is 45.7 Å². The Kier molecular flexibility index (Phi) is 5.51. The second-order valence-corrected chi connectivity index (χ2v) is 7.93. The van der Waals surface area contributed by atoms with Crippen LogP contribution in [0.15, 0.2) is 46.3 Å². The minimum absolute atomic E-state index is 0.00914. The van der Waals surface area contributed by atoms with Gasteiger partial charge in [0.25, 0.3) is 5.91 Å². The maximum atomic E-state index is 12.6. The molecule has 2 heterocycles. The molecule has 3 rings (SSSR count). The summed E-state index contributed by atoms with van der Waals surface area (Å²) in [6.45, 7) is 4.51. The first kappa shape index (κ1) is 16.7. The average Bonchev–Trinajstić information content (AvgIpc) is 3.22. The lowest BCUT2D eigenvalue weighted by Crippen LogP contribution is -3.11. The second kappa shape index (κ2) is 7.60. The molecule has 0 bridgehead atoms. The van der Waals surface area contributed by atoms with Gasteiger partial charge in [0, 0.05) is 17.3 Å². The lowest BCUT2D eigenvalue weighted by Gasteiger charge is -2.29. The summed E-state index contributed by atoms with van der Waals surface area (Å²) in [5, 5.41) is 5.34. The van der Waals surface area contributed by atoms with Crippen molar-refractivity contribution in [1.29, 1.82) is 0 Å². The molecule has 1 fully saturated rings. The molecular weight excluding hydrogens is 372 g/mol. The van der Waals surface area contributed by atoms with Crippen molar-refractivity contribution in [2.45, 2.75) is 31.8 Å². The van der Waals surface area contributed by atoms with Gasteiger partial charge in [-0.1, -0.05) is 18.2 Å². The van der Waals surface area contributed by atoms with E-state index < -0.39 is 0 Å². The van der Waals surface area contributed by atoms with Gasteiger partial charge in [0.15, 0.2) is 0 Å². The summed E-state index contributed by atoms with van der Waals surface area (Å²) >= 11 is 5.26. The zero-order valence-corrected chi connectivity index (χ0v) is 15.6. The predicted molar refractivity (Wildman–Crippen MR) is 98.1 cm³/mol. The van der Waals surface area contributed by atoms with Crippen LogP contribution in [0.3, 0.4) is 0 Å². The fourth-order valence-corrected chi connectivity index (χ4v) is 4.88. The van der Waals surface area contributed by atoms with Crippen molar-refractivity contribution in [3.63, 3.8) is 0 Å². The SMILES string of the molecule is C[C@@H](NC(=O)c1ccccc1Br)[C@H](c1cccs1)[NH+]1CCCC1. The van der Waals surface area contributed by atoms with Crippen LogP contribution < -0.4 is 10.2 Å². The molecule has 1 saturated heterocycles. The first-order valence-electron chi connectivity index (χ1n) is 8.10. The number of hydrogen-bond acceptors (Lipinski definition) is 2. The van der Waals surface area contributed by atoms with Gasteiger partial charge in [-0.2, -0.15) is 0 Å². The molecule has 0 spiro atoms. The van der Waals surface area contributed by atoms with Crippen LogP contribution in [-0.4, -0.2) is 25.0 Å². The van der Waals surface area contributed by atoms with Gasteiger partial charge in [0.2, 0.25) is 0 Å². The fraction of sp³-hybridized carbons (Fsp3) is 0.389. The summed E-state index contributed by atoms with van der Waals surface area (Å²) in [6, 6.07) is 12.3. The van der Waals surface area contributed by atoms with Gasteiger partial charge in [-0.25, -0.2) is 0 Å². The van der Waals surface area contributed by atoms with Crippen molar-refractivity contribution in [3.8, 4) is 0 Å². The van der Waals surface area contributed by atoms with Crippen molar-refractivity contribution in [1.82, 2.24) is 5.32 Å². The topological polar surface area (TPSA) is 33.5 Å². The van der Waals surface area contributed by atoms with E-state index in [4.69, 9.17) is 0 Å². The Balaban J connectivity index is 1.77. The highest BCUT2D eigenvalue weighted by atomic mass is 79.9. The number of halogens is 1. The number of thiophene rings is 1. The quantitative estimate of drug-likeness (QED) is 0.803. The molecule has 23 heavy (non-hydrogen) atoms. The minimum Gasteiger partial charge on any atom is -0.343 e. The number of likely N-dealkylation sites (tertiary alicyclic amines) is 1. The third kappa shape index (κ3) is 3.84. The molecule has 122 valence electrons. The van der Waals surface area contributed by atoms with Crippen LogP contribution in [0.4, 0.5) is 0 Å². The summed E-state index contributed by atoms with van der Waals surface area (Å²) in [7, 11) is 0. The first-order valence-corrected chi connectivity index (χ1v) is 9.77. The molecule has 2 N–H and O–H groups in total. The van der Waals surface area contributed by atoms with Gasteiger partial charge in [-0.05, 0) is 46.4 Å². The minimum atomic E-state index is -0.00914. The van der Waals surface area contributed by atoms with Crippen LogP contribution in [0.5, 0.6) is 0 Å². The Morgan fingerprint density at radius 3 is 2.61 bits per heavy atom. The summed E-state index contributed by atoms with van der Waals surface area (Å²) in [5.74, 6) is -0.00914. The molecule has 2 atom stereocenters. The molecule has 0 radical (unpaired) electrons. The van der Waals surface area contributed by atoms with Crippen molar-refractivity contribution in [2.24, 2.45) is 0 Å². The lowest BCUT2D eigenvalue weighted by atomic mass is 10.1. The highest BCUT2D eigenvalue weighted by Crippen LogP contribution is 2.22. The highest BCUT2D eigenvalue weighted by Gasteiger charge is 2.33. The standard InChI is InChI=1S/C18H21BrN2OS/c1-13(20-18(22)14-7-2-3-8-15(14)19)17(16-9-6-12-23-16)21-10-4-5-11-21/h2-3,6-9,12-13,17H,4-5,10-11H2,1H3,(H,20,22)/p+1/t13-,17-/m1/s1. The van der Waals surface area contributed by atoms with Gasteiger partial charge in [0.1, 0.15) is 6.04 Å². The van der Waals surface area contributed by atoms with Crippen LogP contribution in [-0.2, 0) is 0 Å². The number of carbonyl (C=O) groups is 1. The maximum Gasteiger partial charge on any atom is 0.252 e. The number of carbonyl (C=O) groups excluding carboxylic acids is 1. The van der Waals surface area contributed by atoms with Crippen molar-refractivity contribution in [3.05, 3.63) is 56.7 Å². The largest absolute Gasteiger partial charge is 0.343 e. The second-order valence-electron chi connectivity index (χ2n) is 6.10. The number of benzene rings is 1.